The molecular formula is C29H32N2O7. The fourth-order valence-corrected chi connectivity index (χ4v) is 4.93. The molecule has 38 heavy (non-hydrogen) atoms. The summed E-state index contributed by atoms with van der Waals surface area (Å²) in [5.74, 6) is 1.29. The van der Waals surface area contributed by atoms with Gasteiger partial charge in [0, 0.05) is 24.7 Å². The summed E-state index contributed by atoms with van der Waals surface area (Å²) in [4.78, 5) is 29.2. The maximum atomic E-state index is 14.0. The van der Waals surface area contributed by atoms with Gasteiger partial charge in [0.15, 0.2) is 23.0 Å². The molecule has 0 radical (unpaired) electrons. The van der Waals surface area contributed by atoms with Gasteiger partial charge in [-0.15, -0.1) is 0 Å². The third-order valence-corrected chi connectivity index (χ3v) is 6.85. The minimum Gasteiger partial charge on any atom is -0.496 e. The molecule has 2 amide bonds. The summed E-state index contributed by atoms with van der Waals surface area (Å²) in [6.07, 6.45) is 0. The van der Waals surface area contributed by atoms with Gasteiger partial charge >= 0.3 is 0 Å². The quantitative estimate of drug-likeness (QED) is 0.456. The fraction of sp³-hybridized carbons (Fsp3) is 0.310. The molecule has 0 saturated heterocycles. The summed E-state index contributed by atoms with van der Waals surface area (Å²) in [6, 6.07) is 15.6. The average Bonchev–Trinajstić information content (AvgIpc) is 2.96. The Bertz CT molecular complexity index is 1340. The molecule has 200 valence electrons. The van der Waals surface area contributed by atoms with Crippen LogP contribution in [0, 0.1) is 0 Å². The van der Waals surface area contributed by atoms with Crippen molar-refractivity contribution in [2.45, 2.75) is 18.5 Å². The van der Waals surface area contributed by atoms with Gasteiger partial charge in [0.25, 0.3) is 5.91 Å². The van der Waals surface area contributed by atoms with Crippen molar-refractivity contribution >= 4 is 11.8 Å². The first-order valence-corrected chi connectivity index (χ1v) is 12.0. The standard InChI is InChI=1S/C29H32N2O7/c1-31-27(17-11-12-22(35-3)23(13-17)36-4)26(28(32)30-16-18-9-7-8-10-21(18)34-2)19-14-24(37-5)25(38-6)15-20(19)29(31)33/h7-15,26-27H,16H2,1-6H3,(H,30,32)/t26-,27-/m1/s1. The van der Waals surface area contributed by atoms with Crippen LogP contribution in [0.3, 0.4) is 0 Å². The van der Waals surface area contributed by atoms with E-state index in [2.05, 4.69) is 5.32 Å². The number of likely N-dealkylation sites (N-methyl/N-ethyl adjacent to an activating group) is 1. The molecule has 2 atom stereocenters. The second-order valence-electron chi connectivity index (χ2n) is 8.78. The lowest BCUT2D eigenvalue weighted by Gasteiger charge is -2.40. The number of benzene rings is 3. The average molecular weight is 521 g/mol. The van der Waals surface area contributed by atoms with Crippen molar-refractivity contribution < 1.29 is 33.3 Å². The highest BCUT2D eigenvalue weighted by atomic mass is 16.5. The van der Waals surface area contributed by atoms with E-state index in [1.54, 1.807) is 57.5 Å². The molecule has 9 nitrogen and oxygen atoms in total. The molecule has 1 aliphatic rings. The lowest BCUT2D eigenvalue weighted by molar-refractivity contribution is -0.124. The van der Waals surface area contributed by atoms with E-state index in [-0.39, 0.29) is 18.4 Å². The maximum Gasteiger partial charge on any atom is 0.254 e. The number of ether oxygens (including phenoxy) is 5. The molecule has 0 saturated carbocycles. The van der Waals surface area contributed by atoms with E-state index in [1.165, 1.54) is 14.2 Å². The van der Waals surface area contributed by atoms with Crippen LogP contribution in [0.5, 0.6) is 28.7 Å². The summed E-state index contributed by atoms with van der Waals surface area (Å²) in [5, 5.41) is 3.05. The zero-order chi connectivity index (χ0) is 27.4. The topological polar surface area (TPSA) is 95.6 Å². The number of para-hydroxylation sites is 1. The Morgan fingerprint density at radius 1 is 0.789 bits per heavy atom. The van der Waals surface area contributed by atoms with E-state index in [0.717, 1.165) is 11.1 Å². The first-order chi connectivity index (χ1) is 18.4. The molecule has 0 aromatic heterocycles. The normalized spacial score (nSPS) is 16.4. The number of carbonyl (C=O) groups excluding carboxylic acids is 2. The monoisotopic (exact) mass is 520 g/mol. The van der Waals surface area contributed by atoms with Crippen molar-refractivity contribution in [3.05, 3.63) is 76.9 Å². The molecule has 3 aromatic rings. The number of hydrogen-bond donors (Lipinski definition) is 1. The molecule has 3 aromatic carbocycles. The Hall–Kier alpha value is -4.40. The lowest BCUT2D eigenvalue weighted by atomic mass is 9.79. The van der Waals surface area contributed by atoms with Gasteiger partial charge in [-0.05, 0) is 41.5 Å². The molecule has 0 spiro atoms. The van der Waals surface area contributed by atoms with Gasteiger partial charge < -0.3 is 33.9 Å². The Morgan fingerprint density at radius 2 is 1.39 bits per heavy atom. The number of methoxy groups -OCH3 is 5. The van der Waals surface area contributed by atoms with Crippen LogP contribution in [-0.2, 0) is 11.3 Å². The largest absolute Gasteiger partial charge is 0.496 e. The van der Waals surface area contributed by atoms with Gasteiger partial charge in [-0.1, -0.05) is 24.3 Å². The zero-order valence-electron chi connectivity index (χ0n) is 22.4. The molecule has 4 rings (SSSR count). The Labute approximate surface area is 222 Å². The second-order valence-corrected chi connectivity index (χ2v) is 8.78. The summed E-state index contributed by atoms with van der Waals surface area (Å²) in [7, 11) is 9.39. The molecule has 0 fully saturated rings. The Balaban J connectivity index is 1.84. The molecule has 1 N–H and O–H groups in total. The predicted molar refractivity (Wildman–Crippen MR) is 142 cm³/mol. The van der Waals surface area contributed by atoms with Crippen molar-refractivity contribution in [1.82, 2.24) is 10.2 Å². The van der Waals surface area contributed by atoms with Crippen LogP contribution >= 0.6 is 0 Å². The first-order valence-electron chi connectivity index (χ1n) is 12.0. The van der Waals surface area contributed by atoms with Crippen LogP contribution < -0.4 is 29.0 Å². The molecular weight excluding hydrogens is 488 g/mol. The summed E-state index contributed by atoms with van der Waals surface area (Å²) < 4.78 is 27.3. The van der Waals surface area contributed by atoms with E-state index >= 15 is 0 Å². The molecule has 0 aliphatic carbocycles. The zero-order valence-corrected chi connectivity index (χ0v) is 22.4. The van der Waals surface area contributed by atoms with Crippen LogP contribution in [0.25, 0.3) is 0 Å². The number of amides is 2. The minimum absolute atomic E-state index is 0.241. The van der Waals surface area contributed by atoms with Crippen molar-refractivity contribution in [2.75, 3.05) is 42.6 Å². The fourth-order valence-electron chi connectivity index (χ4n) is 4.93. The third kappa shape index (κ3) is 4.79. The van der Waals surface area contributed by atoms with E-state index in [4.69, 9.17) is 23.7 Å². The van der Waals surface area contributed by atoms with Crippen molar-refractivity contribution in [3.8, 4) is 28.7 Å². The molecule has 1 heterocycles. The number of rotatable bonds is 9. The SMILES string of the molecule is COc1ccccc1CNC(=O)[C@@H]1c2cc(OC)c(OC)cc2C(=O)N(C)[C@@H]1c1ccc(OC)c(OC)c1. The lowest BCUT2D eigenvalue weighted by Crippen LogP contribution is -2.45. The highest BCUT2D eigenvalue weighted by Crippen LogP contribution is 2.46. The Morgan fingerprint density at radius 3 is 2.05 bits per heavy atom. The minimum atomic E-state index is -0.764. The summed E-state index contributed by atoms with van der Waals surface area (Å²) in [6.45, 7) is 0.248. The van der Waals surface area contributed by atoms with Gasteiger partial charge in [0.1, 0.15) is 5.75 Å². The first kappa shape index (κ1) is 26.7. The van der Waals surface area contributed by atoms with E-state index < -0.39 is 12.0 Å². The predicted octanol–water partition coefficient (Wildman–Crippen LogP) is 3.96. The van der Waals surface area contributed by atoms with Crippen molar-refractivity contribution in [1.29, 1.82) is 0 Å². The van der Waals surface area contributed by atoms with Crippen LogP contribution in [0.15, 0.2) is 54.6 Å². The van der Waals surface area contributed by atoms with Crippen LogP contribution in [-0.4, -0.2) is 59.3 Å². The Kier molecular flexibility index (Phi) is 7.95. The van der Waals surface area contributed by atoms with Crippen molar-refractivity contribution in [3.63, 3.8) is 0 Å². The highest BCUT2D eigenvalue weighted by molar-refractivity contribution is 6.02. The number of carbonyl (C=O) groups is 2. The van der Waals surface area contributed by atoms with Gasteiger partial charge in [-0.2, -0.15) is 0 Å². The number of fused-ring (bicyclic) bond motifs is 1. The molecule has 0 bridgehead atoms. The van der Waals surface area contributed by atoms with Gasteiger partial charge in [-0.25, -0.2) is 0 Å². The van der Waals surface area contributed by atoms with Crippen LogP contribution in [0.2, 0.25) is 0 Å². The second kappa shape index (κ2) is 11.3. The number of nitrogens with zero attached hydrogens (tertiary/aromatic N) is 1. The molecule has 1 aliphatic heterocycles. The van der Waals surface area contributed by atoms with E-state index in [1.807, 2.05) is 30.3 Å². The molecule has 9 heteroatoms. The molecule has 0 unspecified atom stereocenters. The number of hydrogen-bond acceptors (Lipinski definition) is 7. The summed E-state index contributed by atoms with van der Waals surface area (Å²) >= 11 is 0. The van der Waals surface area contributed by atoms with E-state index in [0.29, 0.717) is 39.9 Å². The highest BCUT2D eigenvalue weighted by Gasteiger charge is 2.43. The van der Waals surface area contributed by atoms with Gasteiger partial charge in [0.2, 0.25) is 5.91 Å². The summed E-state index contributed by atoms with van der Waals surface area (Å²) in [5.41, 5.74) is 2.47. The van der Waals surface area contributed by atoms with Gasteiger partial charge in [-0.3, -0.25) is 9.59 Å². The smallest absolute Gasteiger partial charge is 0.254 e. The van der Waals surface area contributed by atoms with Crippen molar-refractivity contribution in [2.24, 2.45) is 0 Å². The van der Waals surface area contributed by atoms with Gasteiger partial charge in [0.05, 0.1) is 47.5 Å². The third-order valence-electron chi connectivity index (χ3n) is 6.85. The van der Waals surface area contributed by atoms with E-state index in [9.17, 15) is 9.59 Å². The van der Waals surface area contributed by atoms with Crippen LogP contribution in [0.4, 0.5) is 0 Å². The number of nitrogens with one attached hydrogen (secondary N) is 1. The van der Waals surface area contributed by atoms with Crippen LogP contribution in [0.1, 0.15) is 39.0 Å². The maximum absolute atomic E-state index is 14.0.